The van der Waals surface area contributed by atoms with Crippen molar-refractivity contribution in [3.63, 3.8) is 0 Å². The van der Waals surface area contributed by atoms with E-state index < -0.39 is 18.1 Å². The van der Waals surface area contributed by atoms with E-state index in [2.05, 4.69) is 16.8 Å². The molecule has 144 valence electrons. The van der Waals surface area contributed by atoms with Gasteiger partial charge in [-0.3, -0.25) is 0 Å². The first-order valence-electron chi connectivity index (χ1n) is 9.08. The molecule has 6 nitrogen and oxygen atoms in total. The lowest BCUT2D eigenvalue weighted by Gasteiger charge is -2.10. The second-order valence-corrected chi connectivity index (χ2v) is 6.45. The number of aryl methyl sites for hydroxylation is 2. The zero-order valence-corrected chi connectivity index (χ0v) is 15.6. The maximum atomic E-state index is 11.4. The number of aliphatic carboxylic acids is 1. The second kappa shape index (κ2) is 9.07. The van der Waals surface area contributed by atoms with Crippen LogP contribution in [0.1, 0.15) is 30.3 Å². The number of nitrogens with zero attached hydrogens (tertiary/aromatic N) is 2. The number of aliphatic hydroxyl groups is 1. The van der Waals surface area contributed by atoms with E-state index in [-0.39, 0.29) is 6.42 Å². The van der Waals surface area contributed by atoms with E-state index in [1.165, 1.54) is 0 Å². The van der Waals surface area contributed by atoms with E-state index in [4.69, 9.17) is 4.42 Å². The molecule has 28 heavy (non-hydrogen) atoms. The van der Waals surface area contributed by atoms with E-state index in [9.17, 15) is 15.0 Å². The molecule has 3 aromatic rings. The molecule has 2 N–H and O–H groups in total. The summed E-state index contributed by atoms with van der Waals surface area (Å²) in [5.74, 6) is 5.85. The normalized spacial score (nSPS) is 12.8. The molecule has 0 spiro atoms. The number of benzene rings is 1. The summed E-state index contributed by atoms with van der Waals surface area (Å²) in [5, 5.41) is 19.4. The fourth-order valence-corrected chi connectivity index (χ4v) is 2.86. The van der Waals surface area contributed by atoms with Gasteiger partial charge in [-0.25, -0.2) is 9.78 Å². The van der Waals surface area contributed by atoms with Crippen LogP contribution in [0, 0.1) is 18.8 Å². The van der Waals surface area contributed by atoms with Crippen LogP contribution in [-0.2, 0) is 11.2 Å². The molecule has 0 radical (unpaired) electrons. The standard InChI is InChI=1S/C22H22N2O4/c1-16-19(23-21(28-16)17-8-3-2-4-9-17)13-12-18(25)10-7-11-20(22(26)27)24-14-5-6-15-24/h2-6,8-9,14-15,18,20,25H,11-13H2,1H3,(H,26,27)/t18-,20+/m1/s1. The van der Waals surface area contributed by atoms with Gasteiger partial charge in [-0.15, -0.1) is 0 Å². The molecule has 2 atom stereocenters. The highest BCUT2D eigenvalue weighted by atomic mass is 16.4. The van der Waals surface area contributed by atoms with Crippen LogP contribution < -0.4 is 0 Å². The van der Waals surface area contributed by atoms with Crippen molar-refractivity contribution in [2.75, 3.05) is 0 Å². The highest BCUT2D eigenvalue weighted by molar-refractivity contribution is 5.72. The van der Waals surface area contributed by atoms with Crippen molar-refractivity contribution < 1.29 is 19.4 Å². The summed E-state index contributed by atoms with van der Waals surface area (Å²) in [6.07, 6.45) is 3.58. The van der Waals surface area contributed by atoms with Gasteiger partial charge in [0.25, 0.3) is 0 Å². The van der Waals surface area contributed by atoms with Crippen molar-refractivity contribution in [2.24, 2.45) is 0 Å². The quantitative estimate of drug-likeness (QED) is 0.615. The van der Waals surface area contributed by atoms with E-state index in [0.29, 0.717) is 18.7 Å². The Morgan fingerprint density at radius 3 is 2.61 bits per heavy atom. The summed E-state index contributed by atoms with van der Waals surface area (Å²) < 4.78 is 7.31. The average molecular weight is 378 g/mol. The topological polar surface area (TPSA) is 88.5 Å². The van der Waals surface area contributed by atoms with Crippen molar-refractivity contribution in [1.29, 1.82) is 0 Å². The van der Waals surface area contributed by atoms with Crippen molar-refractivity contribution in [1.82, 2.24) is 9.55 Å². The van der Waals surface area contributed by atoms with Crippen LogP contribution in [0.4, 0.5) is 0 Å². The van der Waals surface area contributed by atoms with Crippen LogP contribution in [-0.4, -0.2) is 31.8 Å². The Morgan fingerprint density at radius 2 is 1.93 bits per heavy atom. The Morgan fingerprint density at radius 1 is 1.21 bits per heavy atom. The van der Waals surface area contributed by atoms with Gasteiger partial charge in [0.15, 0.2) is 0 Å². The van der Waals surface area contributed by atoms with Gasteiger partial charge < -0.3 is 19.2 Å². The Kier molecular flexibility index (Phi) is 6.30. The summed E-state index contributed by atoms with van der Waals surface area (Å²) >= 11 is 0. The molecule has 0 aliphatic carbocycles. The van der Waals surface area contributed by atoms with Crippen molar-refractivity contribution in [3.8, 4) is 23.3 Å². The van der Waals surface area contributed by atoms with Gasteiger partial charge in [0.05, 0.1) is 5.69 Å². The van der Waals surface area contributed by atoms with Gasteiger partial charge in [0, 0.05) is 24.4 Å². The van der Waals surface area contributed by atoms with Crippen molar-refractivity contribution in [3.05, 3.63) is 66.3 Å². The SMILES string of the molecule is Cc1oc(-c2ccccc2)nc1CC[C@H](O)C#CC[C@@H](C(=O)O)n1cccc1. The predicted octanol–water partition coefficient (Wildman–Crippen LogP) is 3.46. The van der Waals surface area contributed by atoms with E-state index in [1.807, 2.05) is 37.3 Å². The third kappa shape index (κ3) is 4.90. The molecule has 2 aromatic heterocycles. The summed E-state index contributed by atoms with van der Waals surface area (Å²) in [6, 6.07) is 12.4. The Balaban J connectivity index is 1.56. The largest absolute Gasteiger partial charge is 0.480 e. The molecule has 0 bridgehead atoms. The lowest BCUT2D eigenvalue weighted by molar-refractivity contribution is -0.140. The van der Waals surface area contributed by atoms with Gasteiger partial charge in [-0.1, -0.05) is 30.0 Å². The van der Waals surface area contributed by atoms with E-state index >= 15 is 0 Å². The molecule has 0 amide bonds. The van der Waals surface area contributed by atoms with Gasteiger partial charge in [-0.05, 0) is 44.0 Å². The zero-order chi connectivity index (χ0) is 19.9. The third-order valence-corrected chi connectivity index (χ3v) is 4.40. The van der Waals surface area contributed by atoms with Crippen LogP contribution in [0.25, 0.3) is 11.5 Å². The number of carbonyl (C=O) groups is 1. The molecule has 1 aromatic carbocycles. The smallest absolute Gasteiger partial charge is 0.327 e. The summed E-state index contributed by atoms with van der Waals surface area (Å²) in [6.45, 7) is 1.85. The van der Waals surface area contributed by atoms with Crippen LogP contribution in [0.15, 0.2) is 59.3 Å². The van der Waals surface area contributed by atoms with Crippen LogP contribution >= 0.6 is 0 Å². The van der Waals surface area contributed by atoms with Gasteiger partial charge in [0.2, 0.25) is 5.89 Å². The number of oxazole rings is 1. The first-order chi connectivity index (χ1) is 13.5. The number of hydrogen-bond donors (Lipinski definition) is 2. The maximum Gasteiger partial charge on any atom is 0.327 e. The Hall–Kier alpha value is -3.30. The molecule has 3 rings (SSSR count). The number of aromatic nitrogens is 2. The van der Waals surface area contributed by atoms with Crippen molar-refractivity contribution in [2.45, 2.75) is 38.3 Å². The van der Waals surface area contributed by atoms with E-state index in [1.54, 1.807) is 29.1 Å². The molecule has 0 saturated heterocycles. The minimum absolute atomic E-state index is 0.127. The lowest BCUT2D eigenvalue weighted by atomic mass is 10.1. The number of hydrogen-bond acceptors (Lipinski definition) is 4. The van der Waals surface area contributed by atoms with Crippen molar-refractivity contribution >= 4 is 5.97 Å². The number of rotatable bonds is 7. The molecule has 0 saturated carbocycles. The molecule has 0 unspecified atom stereocenters. The lowest BCUT2D eigenvalue weighted by Crippen LogP contribution is -2.17. The molecule has 6 heteroatoms. The second-order valence-electron chi connectivity index (χ2n) is 6.45. The first-order valence-corrected chi connectivity index (χ1v) is 9.08. The number of aliphatic hydroxyl groups excluding tert-OH is 1. The fraction of sp³-hybridized carbons (Fsp3) is 0.273. The Bertz CT molecular complexity index is 965. The summed E-state index contributed by atoms with van der Waals surface area (Å²) in [7, 11) is 0. The molecule has 0 fully saturated rings. The summed E-state index contributed by atoms with van der Waals surface area (Å²) in [4.78, 5) is 15.9. The predicted molar refractivity (Wildman–Crippen MR) is 105 cm³/mol. The highest BCUT2D eigenvalue weighted by Gasteiger charge is 2.17. The highest BCUT2D eigenvalue weighted by Crippen LogP contribution is 2.22. The number of carboxylic acids is 1. The minimum atomic E-state index is -0.952. The number of carboxylic acid groups (broad SMARTS) is 1. The third-order valence-electron chi connectivity index (χ3n) is 4.40. The first kappa shape index (κ1) is 19.5. The summed E-state index contributed by atoms with van der Waals surface area (Å²) in [5.41, 5.74) is 1.69. The minimum Gasteiger partial charge on any atom is -0.480 e. The van der Waals surface area contributed by atoms with Gasteiger partial charge in [-0.2, -0.15) is 0 Å². The van der Waals surface area contributed by atoms with E-state index in [0.717, 1.165) is 17.0 Å². The monoisotopic (exact) mass is 378 g/mol. The van der Waals surface area contributed by atoms with Crippen LogP contribution in [0.3, 0.4) is 0 Å². The van der Waals surface area contributed by atoms with Crippen LogP contribution in [0.5, 0.6) is 0 Å². The zero-order valence-electron chi connectivity index (χ0n) is 15.6. The molecule has 0 aliphatic heterocycles. The van der Waals surface area contributed by atoms with Crippen LogP contribution in [0.2, 0.25) is 0 Å². The molecule has 0 aliphatic rings. The average Bonchev–Trinajstić information content (AvgIpc) is 3.34. The fourth-order valence-electron chi connectivity index (χ4n) is 2.86. The molecule has 2 heterocycles. The maximum absolute atomic E-state index is 11.4. The molecular weight excluding hydrogens is 356 g/mol. The Labute approximate surface area is 163 Å². The van der Waals surface area contributed by atoms with Gasteiger partial charge in [0.1, 0.15) is 17.9 Å². The molecular formula is C22H22N2O4. The van der Waals surface area contributed by atoms with Gasteiger partial charge >= 0.3 is 5.97 Å².